The second-order valence-electron chi connectivity index (χ2n) is 5.92. The Bertz CT molecular complexity index is 410. The molecule has 21 heavy (non-hydrogen) atoms. The average Bonchev–Trinajstić information content (AvgIpc) is 2.51. The van der Waals surface area contributed by atoms with Gasteiger partial charge >= 0.3 is 0 Å². The number of likely N-dealkylation sites (tertiary alicyclic amines) is 1. The summed E-state index contributed by atoms with van der Waals surface area (Å²) >= 11 is 1.92. The summed E-state index contributed by atoms with van der Waals surface area (Å²) in [5.41, 5.74) is 0. The first-order chi connectivity index (χ1) is 10.3. The lowest BCUT2D eigenvalue weighted by molar-refractivity contribution is 0.152. The summed E-state index contributed by atoms with van der Waals surface area (Å²) < 4.78 is 6.07. The van der Waals surface area contributed by atoms with Gasteiger partial charge in [0.25, 0.3) is 0 Å². The molecule has 0 saturated carbocycles. The van der Waals surface area contributed by atoms with Crippen LogP contribution in [0.4, 0.5) is 0 Å². The van der Waals surface area contributed by atoms with Crippen molar-refractivity contribution >= 4 is 11.8 Å². The van der Waals surface area contributed by atoms with Crippen molar-refractivity contribution in [2.24, 2.45) is 0 Å². The number of hydrogen-bond acceptors (Lipinski definition) is 3. The number of nitrogens with zero attached hydrogens (tertiary/aromatic N) is 1. The van der Waals surface area contributed by atoms with E-state index < -0.39 is 0 Å². The van der Waals surface area contributed by atoms with E-state index in [-0.39, 0.29) is 0 Å². The van der Waals surface area contributed by atoms with Gasteiger partial charge in [-0.3, -0.25) is 0 Å². The van der Waals surface area contributed by atoms with Gasteiger partial charge in [-0.25, -0.2) is 0 Å². The van der Waals surface area contributed by atoms with E-state index in [0.717, 1.165) is 18.8 Å². The normalized spacial score (nSPS) is 19.6. The Hall–Kier alpha value is -0.670. The summed E-state index contributed by atoms with van der Waals surface area (Å²) in [7, 11) is 2.25. The average molecular weight is 308 g/mol. The number of piperidine rings is 1. The molecule has 0 N–H and O–H groups in total. The largest absolute Gasteiger partial charge is 0.492 e. The Morgan fingerprint density at radius 1 is 1.29 bits per heavy atom. The van der Waals surface area contributed by atoms with Crippen LogP contribution in [0, 0.1) is 0 Å². The molecule has 0 amide bonds. The molecule has 1 aliphatic heterocycles. The number of benzene rings is 1. The topological polar surface area (TPSA) is 12.5 Å². The van der Waals surface area contributed by atoms with Gasteiger partial charge < -0.3 is 9.64 Å². The molecule has 1 saturated heterocycles. The van der Waals surface area contributed by atoms with Crippen LogP contribution in [-0.2, 0) is 0 Å². The van der Waals surface area contributed by atoms with E-state index in [2.05, 4.69) is 43.1 Å². The van der Waals surface area contributed by atoms with Crippen molar-refractivity contribution in [3.05, 3.63) is 24.3 Å². The fourth-order valence-electron chi connectivity index (χ4n) is 2.83. The van der Waals surface area contributed by atoms with Crippen LogP contribution in [-0.4, -0.2) is 36.9 Å². The van der Waals surface area contributed by atoms with E-state index in [9.17, 15) is 0 Å². The van der Waals surface area contributed by atoms with Gasteiger partial charge in [-0.05, 0) is 57.2 Å². The first-order valence-corrected chi connectivity index (χ1v) is 9.34. The van der Waals surface area contributed by atoms with Crippen molar-refractivity contribution in [2.75, 3.05) is 26.0 Å². The molecule has 1 aromatic rings. The van der Waals surface area contributed by atoms with Gasteiger partial charge in [0, 0.05) is 10.9 Å². The fourth-order valence-corrected chi connectivity index (χ4v) is 3.93. The third kappa shape index (κ3) is 5.55. The molecule has 0 spiro atoms. The van der Waals surface area contributed by atoms with Gasteiger partial charge in [-0.2, -0.15) is 0 Å². The molecule has 3 heteroatoms. The second-order valence-corrected chi connectivity index (χ2v) is 7.05. The maximum absolute atomic E-state index is 6.07. The highest BCUT2D eigenvalue weighted by atomic mass is 32.2. The highest BCUT2D eigenvalue weighted by Gasteiger charge is 2.18. The highest BCUT2D eigenvalue weighted by molar-refractivity contribution is 7.99. The maximum Gasteiger partial charge on any atom is 0.132 e. The molecule has 0 aliphatic carbocycles. The first kappa shape index (κ1) is 16.7. The van der Waals surface area contributed by atoms with Gasteiger partial charge in [0.1, 0.15) is 5.75 Å². The molecule has 0 bridgehead atoms. The molecule has 118 valence electrons. The fraction of sp³-hybridized carbons (Fsp3) is 0.667. The van der Waals surface area contributed by atoms with Crippen LogP contribution >= 0.6 is 11.8 Å². The minimum Gasteiger partial charge on any atom is -0.492 e. The highest BCUT2D eigenvalue weighted by Crippen LogP contribution is 2.30. The van der Waals surface area contributed by atoms with Crippen molar-refractivity contribution in [1.29, 1.82) is 0 Å². The van der Waals surface area contributed by atoms with Crippen LogP contribution in [0.25, 0.3) is 0 Å². The molecule has 2 rings (SSSR count). The Labute approximate surface area is 134 Å². The maximum atomic E-state index is 6.07. The summed E-state index contributed by atoms with van der Waals surface area (Å²) in [4.78, 5) is 3.79. The number of unbranched alkanes of at least 4 members (excludes halogenated alkanes) is 1. The van der Waals surface area contributed by atoms with Crippen LogP contribution in [0.3, 0.4) is 0 Å². The quantitative estimate of drug-likeness (QED) is 0.504. The Kier molecular flexibility index (Phi) is 7.45. The smallest absolute Gasteiger partial charge is 0.132 e. The molecule has 2 nitrogen and oxygen atoms in total. The van der Waals surface area contributed by atoms with Crippen molar-refractivity contribution < 1.29 is 4.74 Å². The molecule has 1 fully saturated rings. The first-order valence-electron chi connectivity index (χ1n) is 8.36. The number of rotatable bonds is 8. The zero-order valence-electron chi connectivity index (χ0n) is 13.5. The van der Waals surface area contributed by atoms with E-state index in [0.29, 0.717) is 6.04 Å². The van der Waals surface area contributed by atoms with Crippen molar-refractivity contribution in [3.63, 3.8) is 0 Å². The predicted molar refractivity (Wildman–Crippen MR) is 92.5 cm³/mol. The SMILES string of the molecule is CCCCSc1ccccc1OCCC1CCCCN1C. The molecule has 1 aromatic carbocycles. The Balaban J connectivity index is 1.79. The number of ether oxygens (including phenoxy) is 1. The summed E-state index contributed by atoms with van der Waals surface area (Å²) in [6.45, 7) is 4.32. The number of thioether (sulfide) groups is 1. The molecule has 1 atom stereocenters. The zero-order valence-corrected chi connectivity index (χ0v) is 14.3. The molecule has 0 radical (unpaired) electrons. The van der Waals surface area contributed by atoms with Crippen molar-refractivity contribution in [2.45, 2.75) is 56.4 Å². The molecule has 1 unspecified atom stereocenters. The lowest BCUT2D eigenvalue weighted by atomic mass is 10.0. The van der Waals surface area contributed by atoms with Crippen molar-refractivity contribution in [3.8, 4) is 5.75 Å². The lowest BCUT2D eigenvalue weighted by Crippen LogP contribution is -2.37. The van der Waals surface area contributed by atoms with Crippen molar-refractivity contribution in [1.82, 2.24) is 4.90 Å². The van der Waals surface area contributed by atoms with Crippen LogP contribution in [0.2, 0.25) is 0 Å². The summed E-state index contributed by atoms with van der Waals surface area (Å²) in [5.74, 6) is 2.25. The van der Waals surface area contributed by atoms with Gasteiger partial charge in [0.05, 0.1) is 6.61 Å². The van der Waals surface area contributed by atoms with Crippen LogP contribution in [0.1, 0.15) is 45.4 Å². The molecular formula is C18H29NOS. The third-order valence-corrected chi connectivity index (χ3v) is 5.38. The molecular weight excluding hydrogens is 278 g/mol. The van der Waals surface area contributed by atoms with Gasteiger partial charge in [0.2, 0.25) is 0 Å². The second kappa shape index (κ2) is 9.37. The van der Waals surface area contributed by atoms with E-state index in [1.165, 1.54) is 49.3 Å². The lowest BCUT2D eigenvalue weighted by Gasteiger charge is -2.32. The van der Waals surface area contributed by atoms with Crippen LogP contribution in [0.5, 0.6) is 5.75 Å². The van der Waals surface area contributed by atoms with Crippen LogP contribution in [0.15, 0.2) is 29.2 Å². The summed E-state index contributed by atoms with van der Waals surface area (Å²) in [6, 6.07) is 9.18. The van der Waals surface area contributed by atoms with E-state index in [1.54, 1.807) is 0 Å². The van der Waals surface area contributed by atoms with Gasteiger partial charge in [-0.1, -0.05) is 31.9 Å². The van der Waals surface area contributed by atoms with Gasteiger partial charge in [0.15, 0.2) is 0 Å². The molecule has 1 aliphatic rings. The van der Waals surface area contributed by atoms with E-state index in [4.69, 9.17) is 4.74 Å². The predicted octanol–water partition coefficient (Wildman–Crippen LogP) is 4.83. The Morgan fingerprint density at radius 3 is 2.95 bits per heavy atom. The molecule has 1 heterocycles. The van der Waals surface area contributed by atoms with Crippen LogP contribution < -0.4 is 4.74 Å². The standard InChI is InChI=1S/C18H29NOS/c1-3-4-15-21-18-11-6-5-10-17(18)20-14-12-16-9-7-8-13-19(16)2/h5-6,10-11,16H,3-4,7-9,12-15H2,1-2H3. The van der Waals surface area contributed by atoms with E-state index >= 15 is 0 Å². The summed E-state index contributed by atoms with van der Waals surface area (Å²) in [5, 5.41) is 0. The zero-order chi connectivity index (χ0) is 14.9. The minimum atomic E-state index is 0.707. The minimum absolute atomic E-state index is 0.707. The monoisotopic (exact) mass is 307 g/mol. The Morgan fingerprint density at radius 2 is 2.14 bits per heavy atom. The third-order valence-electron chi connectivity index (χ3n) is 4.23. The summed E-state index contributed by atoms with van der Waals surface area (Å²) in [6.07, 6.45) is 7.72. The number of para-hydroxylation sites is 1. The molecule has 0 aromatic heterocycles. The number of hydrogen-bond donors (Lipinski definition) is 0. The van der Waals surface area contributed by atoms with E-state index in [1.807, 2.05) is 11.8 Å². The van der Waals surface area contributed by atoms with Gasteiger partial charge in [-0.15, -0.1) is 11.8 Å².